The molecule has 156 valence electrons. The molecule has 6 nitrogen and oxygen atoms in total. The average molecular weight is 425 g/mol. The predicted molar refractivity (Wildman–Crippen MR) is 118 cm³/mol. The first kappa shape index (κ1) is 21.4. The number of benzene rings is 3. The number of hydrogen-bond acceptors (Lipinski definition) is 4. The first-order valence-electron chi connectivity index (χ1n) is 9.43. The fraction of sp³-hybridized carbons (Fsp3) is 0.174. The lowest BCUT2D eigenvalue weighted by molar-refractivity contribution is -0.117. The van der Waals surface area contributed by atoms with Crippen molar-refractivity contribution in [2.75, 3.05) is 17.1 Å². The molecule has 3 aromatic carbocycles. The fourth-order valence-corrected chi connectivity index (χ4v) is 4.06. The predicted octanol–water partition coefficient (Wildman–Crippen LogP) is 4.55. The van der Waals surface area contributed by atoms with Gasteiger partial charge in [0, 0.05) is 11.8 Å². The summed E-state index contributed by atoms with van der Waals surface area (Å²) < 4.78 is 33.4. The average Bonchev–Trinajstić information content (AvgIpc) is 2.73. The van der Waals surface area contributed by atoms with Crippen LogP contribution in [-0.2, 0) is 14.8 Å². The normalized spacial score (nSPS) is 12.1. The Labute approximate surface area is 177 Å². The van der Waals surface area contributed by atoms with Gasteiger partial charge in [-0.2, -0.15) is 0 Å². The Hall–Kier alpha value is -3.32. The van der Waals surface area contributed by atoms with Gasteiger partial charge in [-0.15, -0.1) is 0 Å². The number of aryl methyl sites for hydroxylation is 1. The molecule has 3 rings (SSSR count). The van der Waals surface area contributed by atoms with Gasteiger partial charge in [-0.1, -0.05) is 42.5 Å². The highest BCUT2D eigenvalue weighted by atomic mass is 32.2. The summed E-state index contributed by atoms with van der Waals surface area (Å²) in [6, 6.07) is 20.8. The number of ether oxygens (including phenoxy) is 1. The van der Waals surface area contributed by atoms with Crippen molar-refractivity contribution in [1.29, 1.82) is 0 Å². The summed E-state index contributed by atoms with van der Waals surface area (Å²) in [7, 11) is -2.38. The van der Waals surface area contributed by atoms with Crippen LogP contribution in [-0.4, -0.2) is 21.4 Å². The standard InChI is InChI=1S/C23H24N2O4S/c1-16-8-7-11-19(14-16)25-30(27,28)20-12-13-21(22(15-20)29-3)24-23(26)17(2)18-9-5-4-6-10-18/h4-15,17,25H,1-3H3,(H,24,26). The highest BCUT2D eigenvalue weighted by molar-refractivity contribution is 7.92. The number of carbonyl (C=O) groups excluding carboxylic acids is 1. The second-order valence-corrected chi connectivity index (χ2v) is 8.64. The number of amides is 1. The Balaban J connectivity index is 1.81. The van der Waals surface area contributed by atoms with Crippen LogP contribution >= 0.6 is 0 Å². The molecule has 0 aromatic heterocycles. The lowest BCUT2D eigenvalue weighted by Gasteiger charge is -2.16. The molecule has 0 bridgehead atoms. The number of rotatable bonds is 7. The lowest BCUT2D eigenvalue weighted by atomic mass is 10.0. The van der Waals surface area contributed by atoms with Gasteiger partial charge in [0.15, 0.2) is 0 Å². The maximum atomic E-state index is 12.8. The van der Waals surface area contributed by atoms with Crippen molar-refractivity contribution in [3.63, 3.8) is 0 Å². The number of methoxy groups -OCH3 is 1. The molecule has 0 aliphatic rings. The summed E-state index contributed by atoms with van der Waals surface area (Å²) in [5.41, 5.74) is 2.71. The highest BCUT2D eigenvalue weighted by Gasteiger charge is 2.20. The molecule has 0 spiro atoms. The van der Waals surface area contributed by atoms with Crippen molar-refractivity contribution < 1.29 is 17.9 Å². The topological polar surface area (TPSA) is 84.5 Å². The zero-order valence-corrected chi connectivity index (χ0v) is 17.9. The van der Waals surface area contributed by atoms with Crippen LogP contribution in [0.4, 0.5) is 11.4 Å². The Kier molecular flexibility index (Phi) is 6.42. The summed E-state index contributed by atoms with van der Waals surface area (Å²) in [5.74, 6) is -0.328. The molecule has 0 fully saturated rings. The second kappa shape index (κ2) is 9.00. The lowest BCUT2D eigenvalue weighted by Crippen LogP contribution is -2.19. The van der Waals surface area contributed by atoms with E-state index in [1.54, 1.807) is 18.2 Å². The van der Waals surface area contributed by atoms with Gasteiger partial charge in [-0.3, -0.25) is 9.52 Å². The van der Waals surface area contributed by atoms with Gasteiger partial charge < -0.3 is 10.1 Å². The van der Waals surface area contributed by atoms with Gasteiger partial charge in [0.1, 0.15) is 5.75 Å². The SMILES string of the molecule is COc1cc(S(=O)(=O)Nc2cccc(C)c2)ccc1NC(=O)C(C)c1ccccc1. The van der Waals surface area contributed by atoms with Gasteiger partial charge in [-0.25, -0.2) is 8.42 Å². The Morgan fingerprint density at radius 1 is 0.967 bits per heavy atom. The van der Waals surface area contributed by atoms with Crippen molar-refractivity contribution in [2.45, 2.75) is 24.7 Å². The first-order valence-corrected chi connectivity index (χ1v) is 10.9. The molecule has 3 aromatic rings. The molecule has 1 unspecified atom stereocenters. The summed E-state index contributed by atoms with van der Waals surface area (Å²) in [5, 5.41) is 2.82. The quantitative estimate of drug-likeness (QED) is 0.583. The summed E-state index contributed by atoms with van der Waals surface area (Å²) >= 11 is 0. The van der Waals surface area contributed by atoms with Crippen molar-refractivity contribution >= 4 is 27.3 Å². The molecule has 1 atom stereocenters. The van der Waals surface area contributed by atoms with Crippen LogP contribution in [0.2, 0.25) is 0 Å². The molecule has 2 N–H and O–H groups in total. The monoisotopic (exact) mass is 424 g/mol. The van der Waals surface area contributed by atoms with Crippen LogP contribution in [0.25, 0.3) is 0 Å². The third-order valence-corrected chi connectivity index (χ3v) is 6.08. The van der Waals surface area contributed by atoms with E-state index in [2.05, 4.69) is 10.0 Å². The van der Waals surface area contributed by atoms with E-state index in [4.69, 9.17) is 4.74 Å². The first-order chi connectivity index (χ1) is 14.3. The van der Waals surface area contributed by atoms with Crippen LogP contribution in [0.15, 0.2) is 77.7 Å². The van der Waals surface area contributed by atoms with E-state index in [9.17, 15) is 13.2 Å². The number of sulfonamides is 1. The van der Waals surface area contributed by atoms with Crippen LogP contribution in [0.5, 0.6) is 5.75 Å². The third-order valence-electron chi connectivity index (χ3n) is 4.70. The van der Waals surface area contributed by atoms with Crippen molar-refractivity contribution in [3.05, 3.63) is 83.9 Å². The minimum absolute atomic E-state index is 0.0370. The Morgan fingerprint density at radius 2 is 1.70 bits per heavy atom. The number of anilines is 2. The molecule has 0 aliphatic heterocycles. The van der Waals surface area contributed by atoms with Crippen molar-refractivity contribution in [3.8, 4) is 5.75 Å². The van der Waals surface area contributed by atoms with Crippen LogP contribution in [0, 0.1) is 6.92 Å². The van der Waals surface area contributed by atoms with E-state index in [-0.39, 0.29) is 22.5 Å². The van der Waals surface area contributed by atoms with Crippen molar-refractivity contribution in [2.24, 2.45) is 0 Å². The third kappa shape index (κ3) is 4.99. The van der Waals surface area contributed by atoms with E-state index in [0.29, 0.717) is 11.4 Å². The minimum Gasteiger partial charge on any atom is -0.495 e. The molecule has 7 heteroatoms. The molecule has 0 saturated carbocycles. The zero-order valence-electron chi connectivity index (χ0n) is 17.0. The van der Waals surface area contributed by atoms with Gasteiger partial charge in [0.25, 0.3) is 10.0 Å². The maximum absolute atomic E-state index is 12.8. The number of hydrogen-bond donors (Lipinski definition) is 2. The van der Waals surface area contributed by atoms with Gasteiger partial charge in [0.2, 0.25) is 5.91 Å². The fourth-order valence-electron chi connectivity index (χ4n) is 3.00. The van der Waals surface area contributed by atoms with Crippen LogP contribution in [0.3, 0.4) is 0 Å². The molecule has 0 heterocycles. The Bertz CT molecular complexity index is 1140. The van der Waals surface area contributed by atoms with Crippen molar-refractivity contribution in [1.82, 2.24) is 0 Å². The summed E-state index contributed by atoms with van der Waals surface area (Å²) in [4.78, 5) is 12.7. The largest absolute Gasteiger partial charge is 0.495 e. The van der Waals surface area contributed by atoms with E-state index >= 15 is 0 Å². The number of nitrogens with one attached hydrogen (secondary N) is 2. The van der Waals surface area contributed by atoms with E-state index < -0.39 is 10.0 Å². The molecular weight excluding hydrogens is 400 g/mol. The maximum Gasteiger partial charge on any atom is 0.262 e. The van der Waals surface area contributed by atoms with E-state index in [1.807, 2.05) is 50.2 Å². The molecule has 1 amide bonds. The second-order valence-electron chi connectivity index (χ2n) is 6.96. The zero-order chi connectivity index (χ0) is 21.7. The molecule has 30 heavy (non-hydrogen) atoms. The van der Waals surface area contributed by atoms with E-state index in [1.165, 1.54) is 25.3 Å². The van der Waals surface area contributed by atoms with Gasteiger partial charge >= 0.3 is 0 Å². The van der Waals surface area contributed by atoms with Crippen LogP contribution < -0.4 is 14.8 Å². The van der Waals surface area contributed by atoms with Crippen LogP contribution in [0.1, 0.15) is 24.0 Å². The molecule has 0 radical (unpaired) electrons. The number of carbonyl (C=O) groups is 1. The van der Waals surface area contributed by atoms with Gasteiger partial charge in [0.05, 0.1) is 23.6 Å². The minimum atomic E-state index is -3.81. The molecule has 0 saturated heterocycles. The van der Waals surface area contributed by atoms with Gasteiger partial charge in [-0.05, 0) is 49.2 Å². The summed E-state index contributed by atoms with van der Waals surface area (Å²) in [6.07, 6.45) is 0. The highest BCUT2D eigenvalue weighted by Crippen LogP contribution is 2.30. The molecule has 0 aliphatic carbocycles. The molecular formula is C23H24N2O4S. The Morgan fingerprint density at radius 3 is 2.37 bits per heavy atom. The summed E-state index contributed by atoms with van der Waals surface area (Å²) in [6.45, 7) is 3.69. The smallest absolute Gasteiger partial charge is 0.262 e. The van der Waals surface area contributed by atoms with E-state index in [0.717, 1.165) is 11.1 Å².